The molecule has 0 unspecified atom stereocenters. The van der Waals surface area contributed by atoms with Crippen LogP contribution in [0, 0.1) is 0 Å². The third-order valence-electron chi connectivity index (χ3n) is 2.60. The number of benzene rings is 1. The molecule has 0 saturated heterocycles. The van der Waals surface area contributed by atoms with E-state index in [1.807, 2.05) is 0 Å². The van der Waals surface area contributed by atoms with Gasteiger partial charge in [0.25, 0.3) is 0 Å². The van der Waals surface area contributed by atoms with Gasteiger partial charge >= 0.3 is 0 Å². The smallest absolute Gasteiger partial charge is 0.159 e. The zero-order valence-corrected chi connectivity index (χ0v) is 12.2. The Morgan fingerprint density at radius 1 is 1.41 bits per heavy atom. The summed E-state index contributed by atoms with van der Waals surface area (Å²) in [5.74, 6) is 0.964. The maximum absolute atomic E-state index is 4.50. The average Bonchev–Trinajstić information content (AvgIpc) is 2.39. The summed E-state index contributed by atoms with van der Waals surface area (Å²) in [6.07, 6.45) is 0. The number of aliphatic imine (C=N–C) groups is 1. The van der Waals surface area contributed by atoms with Crippen LogP contribution in [0.15, 0.2) is 33.7 Å². The molecule has 2 rings (SSSR count). The summed E-state index contributed by atoms with van der Waals surface area (Å²) in [5, 5.41) is 4.38. The number of amidine groups is 1. The third kappa shape index (κ3) is 4.01. The lowest BCUT2D eigenvalue weighted by Crippen LogP contribution is -2.41. The number of hydrogen-bond donors (Lipinski definition) is 1. The number of rotatable bonds is 3. The Morgan fingerprint density at radius 2 is 2.18 bits per heavy atom. The quantitative estimate of drug-likeness (QED) is 0.930. The van der Waals surface area contributed by atoms with Crippen molar-refractivity contribution in [2.45, 2.75) is 12.7 Å². The molecule has 1 heterocycles. The first-order valence-electron chi connectivity index (χ1n) is 5.66. The molecule has 0 radical (unpaired) electrons. The Balaban J connectivity index is 1.83. The second-order valence-corrected chi connectivity index (χ2v) is 5.72. The van der Waals surface area contributed by atoms with Gasteiger partial charge in [-0.1, -0.05) is 46.7 Å². The van der Waals surface area contributed by atoms with E-state index in [9.17, 15) is 0 Å². The van der Waals surface area contributed by atoms with Crippen molar-refractivity contribution in [3.63, 3.8) is 0 Å². The highest BCUT2D eigenvalue weighted by Gasteiger charge is 2.10. The summed E-state index contributed by atoms with van der Waals surface area (Å²) in [6.45, 7) is 4.91. The molecule has 1 aliphatic rings. The first kappa shape index (κ1) is 12.9. The monoisotopic (exact) mass is 313 g/mol. The number of nitrogens with one attached hydrogen (secondary N) is 1. The lowest BCUT2D eigenvalue weighted by atomic mass is 10.2. The lowest BCUT2D eigenvalue weighted by Gasteiger charge is -2.24. The minimum Gasteiger partial charge on any atom is -0.352 e. The standard InChI is InChI=1S/C12H16BrN3S/c1-2-16-8-14-12(15-9-16)17-7-10-3-5-11(13)6-4-10/h3-6H,2,7-9H2,1H3,(H,14,15). The van der Waals surface area contributed by atoms with Crippen LogP contribution in [0.1, 0.15) is 12.5 Å². The molecule has 1 aromatic carbocycles. The highest BCUT2D eigenvalue weighted by molar-refractivity contribution is 9.10. The number of nitrogens with zero attached hydrogens (tertiary/aromatic N) is 2. The molecule has 0 spiro atoms. The zero-order chi connectivity index (χ0) is 12.1. The average molecular weight is 314 g/mol. The molecule has 1 N–H and O–H groups in total. The van der Waals surface area contributed by atoms with Crippen LogP contribution in [-0.2, 0) is 5.75 Å². The Labute approximate surface area is 115 Å². The molecule has 0 aliphatic carbocycles. The summed E-state index contributed by atoms with van der Waals surface area (Å²) >= 11 is 5.21. The van der Waals surface area contributed by atoms with Gasteiger partial charge in [0.2, 0.25) is 0 Å². The summed E-state index contributed by atoms with van der Waals surface area (Å²) in [5.41, 5.74) is 1.32. The second-order valence-electron chi connectivity index (χ2n) is 3.84. The molecule has 92 valence electrons. The van der Waals surface area contributed by atoms with Gasteiger partial charge in [-0.15, -0.1) is 0 Å². The maximum Gasteiger partial charge on any atom is 0.159 e. The molecule has 1 aromatic rings. The number of halogens is 1. The summed E-state index contributed by atoms with van der Waals surface area (Å²) < 4.78 is 1.12. The Kier molecular flexibility index (Phi) is 4.88. The topological polar surface area (TPSA) is 27.6 Å². The van der Waals surface area contributed by atoms with Gasteiger partial charge in [0.1, 0.15) is 0 Å². The molecule has 0 amide bonds. The van der Waals surface area contributed by atoms with Gasteiger partial charge in [-0.05, 0) is 24.2 Å². The van der Waals surface area contributed by atoms with Crippen molar-refractivity contribution in [1.82, 2.24) is 10.2 Å². The fraction of sp³-hybridized carbons (Fsp3) is 0.417. The van der Waals surface area contributed by atoms with Gasteiger partial charge in [-0.2, -0.15) is 0 Å². The normalized spacial score (nSPS) is 16.5. The van der Waals surface area contributed by atoms with E-state index in [0.29, 0.717) is 0 Å². The van der Waals surface area contributed by atoms with Gasteiger partial charge in [0, 0.05) is 10.2 Å². The van der Waals surface area contributed by atoms with Gasteiger partial charge in [-0.3, -0.25) is 4.90 Å². The van der Waals surface area contributed by atoms with E-state index < -0.39 is 0 Å². The molecule has 0 aromatic heterocycles. The Morgan fingerprint density at radius 3 is 2.76 bits per heavy atom. The van der Waals surface area contributed by atoms with Crippen LogP contribution >= 0.6 is 27.7 Å². The molecule has 1 aliphatic heterocycles. The maximum atomic E-state index is 4.50. The molecule has 3 nitrogen and oxygen atoms in total. The van der Waals surface area contributed by atoms with Gasteiger partial charge in [-0.25, -0.2) is 4.99 Å². The molecule has 5 heteroatoms. The van der Waals surface area contributed by atoms with E-state index in [0.717, 1.165) is 35.3 Å². The Hall–Kier alpha value is -0.520. The predicted octanol–water partition coefficient (Wildman–Crippen LogP) is 2.88. The number of hydrogen-bond acceptors (Lipinski definition) is 4. The SMILES string of the molecule is CCN1CN=C(SCc2ccc(Br)cc2)NC1. The van der Waals surface area contributed by atoms with Gasteiger partial charge in [0.05, 0.1) is 13.3 Å². The molecular weight excluding hydrogens is 298 g/mol. The van der Waals surface area contributed by atoms with Crippen molar-refractivity contribution in [2.75, 3.05) is 19.9 Å². The second kappa shape index (κ2) is 6.42. The van der Waals surface area contributed by atoms with Crippen LogP contribution in [-0.4, -0.2) is 29.9 Å². The van der Waals surface area contributed by atoms with Gasteiger partial charge in [0.15, 0.2) is 5.17 Å². The van der Waals surface area contributed by atoms with E-state index in [1.165, 1.54) is 5.56 Å². The molecule has 0 bridgehead atoms. The van der Waals surface area contributed by atoms with Crippen molar-refractivity contribution in [1.29, 1.82) is 0 Å². The summed E-state index contributed by atoms with van der Waals surface area (Å²) in [7, 11) is 0. The van der Waals surface area contributed by atoms with Crippen molar-refractivity contribution in [3.05, 3.63) is 34.3 Å². The predicted molar refractivity (Wildman–Crippen MR) is 78.1 cm³/mol. The lowest BCUT2D eigenvalue weighted by molar-refractivity contribution is 0.281. The summed E-state index contributed by atoms with van der Waals surface area (Å²) in [6, 6.07) is 8.42. The molecule has 0 fully saturated rings. The highest BCUT2D eigenvalue weighted by Crippen LogP contribution is 2.17. The van der Waals surface area contributed by atoms with Crippen LogP contribution in [0.2, 0.25) is 0 Å². The third-order valence-corrected chi connectivity index (χ3v) is 4.16. The van der Waals surface area contributed by atoms with Crippen LogP contribution in [0.3, 0.4) is 0 Å². The van der Waals surface area contributed by atoms with Crippen molar-refractivity contribution >= 4 is 32.9 Å². The highest BCUT2D eigenvalue weighted by atomic mass is 79.9. The first-order valence-corrected chi connectivity index (χ1v) is 7.43. The molecule has 0 atom stereocenters. The minimum absolute atomic E-state index is 0.812. The van der Waals surface area contributed by atoms with Crippen molar-refractivity contribution < 1.29 is 0 Å². The summed E-state index contributed by atoms with van der Waals surface area (Å²) in [4.78, 5) is 6.75. The van der Waals surface area contributed by atoms with Crippen LogP contribution in [0.4, 0.5) is 0 Å². The largest absolute Gasteiger partial charge is 0.352 e. The fourth-order valence-electron chi connectivity index (χ4n) is 1.49. The fourth-order valence-corrected chi connectivity index (χ4v) is 2.57. The molecule has 0 saturated carbocycles. The zero-order valence-electron chi connectivity index (χ0n) is 9.82. The molecular formula is C12H16BrN3S. The van der Waals surface area contributed by atoms with E-state index in [1.54, 1.807) is 11.8 Å². The van der Waals surface area contributed by atoms with E-state index in [4.69, 9.17) is 0 Å². The Bertz CT molecular complexity index is 391. The molecule has 17 heavy (non-hydrogen) atoms. The number of thioether (sulfide) groups is 1. The minimum atomic E-state index is 0.812. The van der Waals surface area contributed by atoms with E-state index in [2.05, 4.69) is 62.3 Å². The first-order chi connectivity index (χ1) is 8.28. The van der Waals surface area contributed by atoms with Crippen LogP contribution in [0.5, 0.6) is 0 Å². The van der Waals surface area contributed by atoms with Gasteiger partial charge < -0.3 is 5.32 Å². The van der Waals surface area contributed by atoms with Crippen molar-refractivity contribution in [3.8, 4) is 0 Å². The van der Waals surface area contributed by atoms with Crippen LogP contribution in [0.25, 0.3) is 0 Å². The van der Waals surface area contributed by atoms with E-state index >= 15 is 0 Å². The van der Waals surface area contributed by atoms with Crippen LogP contribution < -0.4 is 5.32 Å². The van der Waals surface area contributed by atoms with E-state index in [-0.39, 0.29) is 0 Å². The van der Waals surface area contributed by atoms with Crippen molar-refractivity contribution in [2.24, 2.45) is 4.99 Å².